The van der Waals surface area contributed by atoms with Gasteiger partial charge in [0.1, 0.15) is 5.75 Å². The lowest BCUT2D eigenvalue weighted by Gasteiger charge is -2.10. The number of amides is 1. The smallest absolute Gasteiger partial charge is 0.226 e. The third-order valence-corrected chi connectivity index (χ3v) is 2.94. The van der Waals surface area contributed by atoms with Gasteiger partial charge in [0.05, 0.1) is 0 Å². The molecule has 2 aromatic rings. The molecular weight excluding hydrogens is 242 g/mol. The van der Waals surface area contributed by atoms with Crippen molar-refractivity contribution in [3.05, 3.63) is 41.7 Å². The van der Waals surface area contributed by atoms with E-state index < -0.39 is 0 Å². The molecule has 19 heavy (non-hydrogen) atoms. The van der Waals surface area contributed by atoms with E-state index in [1.165, 1.54) is 0 Å². The van der Waals surface area contributed by atoms with Gasteiger partial charge in [0, 0.05) is 31.0 Å². The average Bonchev–Trinajstić information content (AvgIpc) is 2.86. The molecule has 0 aliphatic rings. The molecule has 0 aliphatic heterocycles. The molecule has 0 saturated heterocycles. The Morgan fingerprint density at radius 1 is 1.37 bits per heavy atom. The maximum atomic E-state index is 11.8. The van der Waals surface area contributed by atoms with E-state index in [1.54, 1.807) is 29.9 Å². The van der Waals surface area contributed by atoms with Crippen molar-refractivity contribution in [2.75, 3.05) is 5.32 Å². The molecule has 5 nitrogen and oxygen atoms in total. The second-order valence-electron chi connectivity index (χ2n) is 4.52. The maximum Gasteiger partial charge on any atom is 0.226 e. The molecule has 1 heterocycles. The second-order valence-corrected chi connectivity index (χ2v) is 4.52. The van der Waals surface area contributed by atoms with E-state index in [1.807, 2.05) is 19.2 Å². The van der Waals surface area contributed by atoms with Crippen molar-refractivity contribution >= 4 is 11.6 Å². The minimum Gasteiger partial charge on any atom is -0.508 e. The maximum absolute atomic E-state index is 11.8. The summed E-state index contributed by atoms with van der Waals surface area (Å²) in [6.07, 6.45) is 3.87. The predicted molar refractivity (Wildman–Crippen MR) is 73.1 cm³/mol. The molecule has 1 amide bonds. The number of aromatic hydroxyl groups is 1. The number of carbonyl (C=O) groups excluding carboxylic acids is 1. The zero-order valence-corrected chi connectivity index (χ0v) is 11.1. The molecule has 0 saturated carbocycles. The van der Waals surface area contributed by atoms with Gasteiger partial charge in [-0.2, -0.15) is 5.10 Å². The zero-order valence-electron chi connectivity index (χ0n) is 11.1. The zero-order chi connectivity index (χ0) is 13.8. The van der Waals surface area contributed by atoms with Crippen LogP contribution in [0.15, 0.2) is 30.6 Å². The first-order chi connectivity index (χ1) is 9.06. The summed E-state index contributed by atoms with van der Waals surface area (Å²) in [5.74, 6) is 0.177. The second kappa shape index (κ2) is 5.56. The first-order valence-electron chi connectivity index (χ1n) is 6.14. The van der Waals surface area contributed by atoms with Crippen LogP contribution in [0.25, 0.3) is 0 Å². The lowest BCUT2D eigenvalue weighted by atomic mass is 10.1. The predicted octanol–water partition coefficient (Wildman–Crippen LogP) is 2.23. The first-order valence-corrected chi connectivity index (χ1v) is 6.14. The minimum atomic E-state index is -0.0660. The van der Waals surface area contributed by atoms with E-state index in [0.717, 1.165) is 16.8 Å². The van der Waals surface area contributed by atoms with Crippen molar-refractivity contribution in [3.8, 4) is 5.75 Å². The van der Waals surface area contributed by atoms with Crippen molar-refractivity contribution in [2.45, 2.75) is 26.8 Å². The fraction of sp³-hybridized carbons (Fsp3) is 0.286. The summed E-state index contributed by atoms with van der Waals surface area (Å²) < 4.78 is 1.72. The number of phenolic OH excluding ortho intramolecular Hbond substituents is 1. The van der Waals surface area contributed by atoms with Crippen LogP contribution in [0.1, 0.15) is 17.5 Å². The summed E-state index contributed by atoms with van der Waals surface area (Å²) in [5, 5.41) is 16.5. The highest BCUT2D eigenvalue weighted by molar-refractivity contribution is 5.91. The van der Waals surface area contributed by atoms with Gasteiger partial charge in [-0.25, -0.2) is 0 Å². The Hall–Kier alpha value is -2.30. The van der Waals surface area contributed by atoms with Crippen LogP contribution in [0.2, 0.25) is 0 Å². The normalized spacial score (nSPS) is 10.4. The van der Waals surface area contributed by atoms with Crippen LogP contribution in [0.3, 0.4) is 0 Å². The van der Waals surface area contributed by atoms with Gasteiger partial charge in [0.15, 0.2) is 0 Å². The molecule has 2 N–H and O–H groups in total. The SMILES string of the molecule is Cc1cc(NC(=O)CCn2cccn2)c(C)cc1O. The molecule has 0 aliphatic carbocycles. The van der Waals surface area contributed by atoms with Gasteiger partial charge in [-0.15, -0.1) is 0 Å². The number of anilines is 1. The van der Waals surface area contributed by atoms with Crippen molar-refractivity contribution in [1.29, 1.82) is 0 Å². The van der Waals surface area contributed by atoms with Crippen molar-refractivity contribution < 1.29 is 9.90 Å². The standard InChI is InChI=1S/C14H17N3O2/c1-10-9-13(18)11(2)8-12(10)16-14(19)4-7-17-6-3-5-15-17/h3,5-6,8-9,18H,4,7H2,1-2H3,(H,16,19). The van der Waals surface area contributed by atoms with Crippen molar-refractivity contribution in [1.82, 2.24) is 9.78 Å². The topological polar surface area (TPSA) is 67.2 Å². The average molecular weight is 259 g/mol. The number of hydrogen-bond acceptors (Lipinski definition) is 3. The van der Waals surface area contributed by atoms with Crippen LogP contribution in [-0.4, -0.2) is 20.8 Å². The molecule has 0 bridgehead atoms. The summed E-state index contributed by atoms with van der Waals surface area (Å²) in [6.45, 7) is 4.20. The number of benzene rings is 1. The van der Waals surface area contributed by atoms with Gasteiger partial charge in [-0.1, -0.05) is 0 Å². The van der Waals surface area contributed by atoms with E-state index in [4.69, 9.17) is 0 Å². The van der Waals surface area contributed by atoms with Crippen LogP contribution < -0.4 is 5.32 Å². The van der Waals surface area contributed by atoms with Gasteiger partial charge in [-0.05, 0) is 43.2 Å². The fourth-order valence-electron chi connectivity index (χ4n) is 1.80. The van der Waals surface area contributed by atoms with E-state index >= 15 is 0 Å². The van der Waals surface area contributed by atoms with Gasteiger partial charge in [0.2, 0.25) is 5.91 Å². The van der Waals surface area contributed by atoms with Gasteiger partial charge < -0.3 is 10.4 Å². The minimum absolute atomic E-state index is 0.0660. The number of aryl methyl sites for hydroxylation is 3. The van der Waals surface area contributed by atoms with Crippen LogP contribution in [0.4, 0.5) is 5.69 Å². The summed E-state index contributed by atoms with van der Waals surface area (Å²) in [4.78, 5) is 11.8. The Bertz CT molecular complexity index is 577. The number of rotatable bonds is 4. The number of carbonyl (C=O) groups is 1. The molecule has 0 atom stereocenters. The molecular formula is C14H17N3O2. The summed E-state index contributed by atoms with van der Waals surface area (Å²) >= 11 is 0. The summed E-state index contributed by atoms with van der Waals surface area (Å²) in [5.41, 5.74) is 2.32. The molecule has 0 radical (unpaired) electrons. The van der Waals surface area contributed by atoms with E-state index in [0.29, 0.717) is 13.0 Å². The number of nitrogens with zero attached hydrogens (tertiary/aromatic N) is 2. The number of aromatic nitrogens is 2. The Morgan fingerprint density at radius 3 is 2.84 bits per heavy atom. The Morgan fingerprint density at radius 2 is 2.16 bits per heavy atom. The highest BCUT2D eigenvalue weighted by Crippen LogP contribution is 2.24. The fourth-order valence-corrected chi connectivity index (χ4v) is 1.80. The number of phenols is 1. The number of nitrogens with one attached hydrogen (secondary N) is 1. The van der Waals surface area contributed by atoms with Crippen LogP contribution in [-0.2, 0) is 11.3 Å². The number of hydrogen-bond donors (Lipinski definition) is 2. The molecule has 1 aromatic carbocycles. The quantitative estimate of drug-likeness (QED) is 0.827. The monoisotopic (exact) mass is 259 g/mol. The lowest BCUT2D eigenvalue weighted by Crippen LogP contribution is -2.15. The molecule has 2 rings (SSSR count). The first kappa shape index (κ1) is 13.1. The third kappa shape index (κ3) is 3.34. The van der Waals surface area contributed by atoms with Crippen LogP contribution in [0, 0.1) is 13.8 Å². The highest BCUT2D eigenvalue weighted by Gasteiger charge is 2.07. The van der Waals surface area contributed by atoms with E-state index in [9.17, 15) is 9.90 Å². The van der Waals surface area contributed by atoms with Crippen molar-refractivity contribution in [3.63, 3.8) is 0 Å². The third-order valence-electron chi connectivity index (χ3n) is 2.94. The molecule has 0 spiro atoms. The molecule has 0 fully saturated rings. The van der Waals surface area contributed by atoms with E-state index in [2.05, 4.69) is 10.4 Å². The lowest BCUT2D eigenvalue weighted by molar-refractivity contribution is -0.116. The highest BCUT2D eigenvalue weighted by atomic mass is 16.3. The Balaban J connectivity index is 1.97. The van der Waals surface area contributed by atoms with Crippen LogP contribution in [0.5, 0.6) is 5.75 Å². The summed E-state index contributed by atoms with van der Waals surface area (Å²) in [7, 11) is 0. The Labute approximate surface area is 111 Å². The summed E-state index contributed by atoms with van der Waals surface area (Å²) in [6, 6.07) is 5.25. The molecule has 5 heteroatoms. The van der Waals surface area contributed by atoms with Gasteiger partial charge in [0.25, 0.3) is 0 Å². The van der Waals surface area contributed by atoms with Gasteiger partial charge >= 0.3 is 0 Å². The van der Waals surface area contributed by atoms with Crippen LogP contribution >= 0.6 is 0 Å². The molecule has 0 unspecified atom stereocenters. The Kier molecular flexibility index (Phi) is 3.85. The molecule has 1 aromatic heterocycles. The van der Waals surface area contributed by atoms with Gasteiger partial charge in [-0.3, -0.25) is 9.48 Å². The largest absolute Gasteiger partial charge is 0.508 e. The van der Waals surface area contributed by atoms with Crippen molar-refractivity contribution in [2.24, 2.45) is 0 Å². The molecule has 100 valence electrons. The van der Waals surface area contributed by atoms with E-state index in [-0.39, 0.29) is 11.7 Å².